The zero-order chi connectivity index (χ0) is 12.6. The molecule has 1 amide bonds. The Morgan fingerprint density at radius 1 is 1.38 bits per heavy atom. The van der Waals surface area contributed by atoms with Crippen molar-refractivity contribution in [3.8, 4) is 0 Å². The Kier molecular flexibility index (Phi) is 6.06. The van der Waals surface area contributed by atoms with Gasteiger partial charge in [0.25, 0.3) is 10.1 Å². The van der Waals surface area contributed by atoms with Crippen LogP contribution in [0.1, 0.15) is 0 Å². The lowest BCUT2D eigenvalue weighted by molar-refractivity contribution is -0.111. The van der Waals surface area contributed by atoms with E-state index in [-0.39, 0.29) is 5.91 Å². The predicted octanol–water partition coefficient (Wildman–Crippen LogP) is 1.32. The minimum Gasteiger partial charge on any atom is -0.323 e. The van der Waals surface area contributed by atoms with Crippen molar-refractivity contribution in [2.24, 2.45) is 0 Å². The molecule has 5 nitrogen and oxygen atoms in total. The molecule has 0 radical (unpaired) electrons. The van der Waals surface area contributed by atoms with E-state index >= 15 is 0 Å². The second kappa shape index (κ2) is 6.76. The van der Waals surface area contributed by atoms with E-state index in [0.717, 1.165) is 5.69 Å². The van der Waals surface area contributed by atoms with Crippen molar-refractivity contribution in [2.45, 2.75) is 0 Å². The summed E-state index contributed by atoms with van der Waals surface area (Å²) in [7, 11) is -3.67. The Morgan fingerprint density at radius 3 is 2.19 bits per heavy atom. The van der Waals surface area contributed by atoms with Crippen LogP contribution in [0.25, 0.3) is 0 Å². The van der Waals surface area contributed by atoms with Gasteiger partial charge in [0.05, 0.1) is 6.26 Å². The molecule has 0 aliphatic heterocycles. The van der Waals surface area contributed by atoms with Crippen LogP contribution in [0.5, 0.6) is 0 Å². The van der Waals surface area contributed by atoms with Crippen LogP contribution in [0.4, 0.5) is 5.69 Å². The molecule has 0 bridgehead atoms. The Balaban J connectivity index is 0.000000385. The van der Waals surface area contributed by atoms with Gasteiger partial charge in [0.1, 0.15) is 0 Å². The highest BCUT2D eigenvalue weighted by molar-refractivity contribution is 7.85. The molecule has 16 heavy (non-hydrogen) atoms. The first kappa shape index (κ1) is 14.3. The minimum atomic E-state index is -3.67. The van der Waals surface area contributed by atoms with Crippen molar-refractivity contribution in [1.82, 2.24) is 0 Å². The smallest absolute Gasteiger partial charge is 0.261 e. The van der Waals surface area contributed by atoms with Gasteiger partial charge in [0, 0.05) is 5.69 Å². The lowest BCUT2D eigenvalue weighted by Gasteiger charge is -1.98. The molecule has 88 valence electrons. The summed E-state index contributed by atoms with van der Waals surface area (Å²) in [5, 5.41) is 2.63. The van der Waals surface area contributed by atoms with E-state index in [9.17, 15) is 13.2 Å². The third kappa shape index (κ3) is 10.4. The first-order chi connectivity index (χ1) is 7.33. The average molecular weight is 243 g/mol. The maximum Gasteiger partial charge on any atom is 0.261 e. The third-order valence-electron chi connectivity index (χ3n) is 1.23. The van der Waals surface area contributed by atoms with Crippen LogP contribution in [0, 0.1) is 0 Å². The van der Waals surface area contributed by atoms with Gasteiger partial charge in [-0.1, -0.05) is 24.8 Å². The quantitative estimate of drug-likeness (QED) is 0.606. The highest BCUT2D eigenvalue weighted by Crippen LogP contribution is 2.03. The number of carbonyl (C=O) groups excluding carboxylic acids is 1. The maximum atomic E-state index is 10.8. The number of amides is 1. The fourth-order valence-electron chi connectivity index (χ4n) is 0.715. The number of hydrogen-bond donors (Lipinski definition) is 2. The van der Waals surface area contributed by atoms with Gasteiger partial charge >= 0.3 is 0 Å². The normalized spacial score (nSPS) is 9.62. The van der Waals surface area contributed by atoms with E-state index in [1.165, 1.54) is 6.08 Å². The summed E-state index contributed by atoms with van der Waals surface area (Å²) in [6.45, 7) is 3.34. The van der Waals surface area contributed by atoms with Gasteiger partial charge in [0.2, 0.25) is 5.91 Å². The predicted molar refractivity (Wildman–Crippen MR) is 62.7 cm³/mol. The topological polar surface area (TPSA) is 83.5 Å². The zero-order valence-electron chi connectivity index (χ0n) is 8.75. The molecular formula is C10H13NO4S. The lowest BCUT2D eigenvalue weighted by Crippen LogP contribution is -2.06. The molecule has 0 saturated carbocycles. The summed E-state index contributed by atoms with van der Waals surface area (Å²) in [5.41, 5.74) is 0.789. The van der Waals surface area contributed by atoms with Gasteiger partial charge in [-0.25, -0.2) is 0 Å². The van der Waals surface area contributed by atoms with Gasteiger partial charge in [-0.2, -0.15) is 8.42 Å². The van der Waals surface area contributed by atoms with Gasteiger partial charge in [-0.3, -0.25) is 9.35 Å². The number of para-hydroxylation sites is 1. The van der Waals surface area contributed by atoms with Crippen molar-refractivity contribution < 1.29 is 17.8 Å². The van der Waals surface area contributed by atoms with Crippen molar-refractivity contribution in [3.63, 3.8) is 0 Å². The summed E-state index contributed by atoms with van der Waals surface area (Å²) in [5.74, 6) is -0.184. The lowest BCUT2D eigenvalue weighted by atomic mass is 10.3. The number of benzene rings is 1. The SMILES string of the molecule is C=CC(=O)Nc1ccccc1.CS(=O)(=O)O. The second-order valence-corrected chi connectivity index (χ2v) is 4.26. The Hall–Kier alpha value is -1.66. The van der Waals surface area contributed by atoms with E-state index in [0.29, 0.717) is 6.26 Å². The molecule has 2 N–H and O–H groups in total. The number of nitrogens with one attached hydrogen (secondary N) is 1. The maximum absolute atomic E-state index is 10.8. The highest BCUT2D eigenvalue weighted by Gasteiger charge is 1.92. The molecule has 1 rings (SSSR count). The van der Waals surface area contributed by atoms with E-state index < -0.39 is 10.1 Å². The Bertz CT molecular complexity index is 431. The number of hydrogen-bond acceptors (Lipinski definition) is 3. The van der Waals surface area contributed by atoms with Crippen LogP contribution in [0.15, 0.2) is 43.0 Å². The first-order valence-corrected chi connectivity index (χ1v) is 6.08. The average Bonchev–Trinajstić information content (AvgIpc) is 2.16. The summed E-state index contributed by atoms with van der Waals surface area (Å²) in [6, 6.07) is 9.25. The summed E-state index contributed by atoms with van der Waals surface area (Å²) in [6.07, 6.45) is 1.96. The van der Waals surface area contributed by atoms with Crippen LogP contribution in [0.2, 0.25) is 0 Å². The van der Waals surface area contributed by atoms with Crippen molar-refractivity contribution in [1.29, 1.82) is 0 Å². The van der Waals surface area contributed by atoms with Crippen LogP contribution in [0.3, 0.4) is 0 Å². The van der Waals surface area contributed by atoms with Crippen LogP contribution < -0.4 is 5.32 Å². The van der Waals surface area contributed by atoms with E-state index in [1.807, 2.05) is 30.3 Å². The molecule has 0 spiro atoms. The zero-order valence-corrected chi connectivity index (χ0v) is 9.57. The monoisotopic (exact) mass is 243 g/mol. The van der Waals surface area contributed by atoms with Crippen molar-refractivity contribution >= 4 is 21.7 Å². The standard InChI is InChI=1S/C9H9NO.CH4O3S/c1-2-9(11)10-8-6-4-3-5-7-8;1-5(2,3)4/h2-7H,1H2,(H,10,11);1H3,(H,2,3,4). The summed E-state index contributed by atoms with van der Waals surface area (Å²) in [4.78, 5) is 10.8. The van der Waals surface area contributed by atoms with Gasteiger partial charge in [-0.15, -0.1) is 0 Å². The number of anilines is 1. The van der Waals surface area contributed by atoms with E-state index in [1.54, 1.807) is 0 Å². The van der Waals surface area contributed by atoms with E-state index in [2.05, 4.69) is 11.9 Å². The fraction of sp³-hybridized carbons (Fsp3) is 0.100. The molecule has 0 heterocycles. The Morgan fingerprint density at radius 2 is 1.81 bits per heavy atom. The minimum absolute atomic E-state index is 0.184. The molecular weight excluding hydrogens is 230 g/mol. The van der Waals surface area contributed by atoms with Crippen molar-refractivity contribution in [3.05, 3.63) is 43.0 Å². The second-order valence-electron chi connectivity index (χ2n) is 2.79. The van der Waals surface area contributed by atoms with Crippen LogP contribution >= 0.6 is 0 Å². The third-order valence-corrected chi connectivity index (χ3v) is 1.23. The molecule has 0 unspecified atom stereocenters. The largest absolute Gasteiger partial charge is 0.323 e. The Labute approximate surface area is 94.5 Å². The van der Waals surface area contributed by atoms with Crippen molar-refractivity contribution in [2.75, 3.05) is 11.6 Å². The molecule has 0 atom stereocenters. The number of rotatable bonds is 2. The molecule has 0 aliphatic carbocycles. The molecule has 6 heteroatoms. The molecule has 1 aromatic rings. The molecule has 0 aromatic heterocycles. The molecule has 0 aliphatic rings. The van der Waals surface area contributed by atoms with E-state index in [4.69, 9.17) is 4.55 Å². The molecule has 0 saturated heterocycles. The summed E-state index contributed by atoms with van der Waals surface area (Å²) >= 11 is 0. The van der Waals surface area contributed by atoms with Gasteiger partial charge < -0.3 is 5.32 Å². The molecule has 0 fully saturated rings. The van der Waals surface area contributed by atoms with Gasteiger partial charge in [0.15, 0.2) is 0 Å². The fourth-order valence-corrected chi connectivity index (χ4v) is 0.715. The highest BCUT2D eigenvalue weighted by atomic mass is 32.2. The van der Waals surface area contributed by atoms with Crippen LogP contribution in [-0.2, 0) is 14.9 Å². The van der Waals surface area contributed by atoms with Gasteiger partial charge in [-0.05, 0) is 18.2 Å². The van der Waals surface area contributed by atoms with Crippen LogP contribution in [-0.4, -0.2) is 25.1 Å². The molecule has 1 aromatic carbocycles. The first-order valence-electron chi connectivity index (χ1n) is 4.24. The summed E-state index contributed by atoms with van der Waals surface area (Å²) < 4.78 is 25.9. The number of carbonyl (C=O) groups is 1.